The second kappa shape index (κ2) is 7.49. The van der Waals surface area contributed by atoms with E-state index in [1.54, 1.807) is 0 Å². The third kappa shape index (κ3) is 4.24. The molecule has 26 heavy (non-hydrogen) atoms. The van der Waals surface area contributed by atoms with Gasteiger partial charge < -0.3 is 15.0 Å². The lowest BCUT2D eigenvalue weighted by Gasteiger charge is -2.25. The van der Waals surface area contributed by atoms with Crippen LogP contribution in [-0.4, -0.2) is 49.6 Å². The zero-order valence-corrected chi connectivity index (χ0v) is 16.1. The highest BCUT2D eigenvalue weighted by molar-refractivity contribution is 7.91. The lowest BCUT2D eigenvalue weighted by molar-refractivity contribution is 0.342. The summed E-state index contributed by atoms with van der Waals surface area (Å²) in [4.78, 5) is 11.0. The van der Waals surface area contributed by atoms with E-state index in [1.807, 2.05) is 56.1 Å². The molecular weight excluding hydrogens is 352 g/mol. The van der Waals surface area contributed by atoms with Gasteiger partial charge in [-0.05, 0) is 32.4 Å². The van der Waals surface area contributed by atoms with Crippen LogP contribution in [-0.2, 0) is 9.84 Å². The Morgan fingerprint density at radius 1 is 1.31 bits per heavy atom. The quantitative estimate of drug-likeness (QED) is 0.829. The van der Waals surface area contributed by atoms with Gasteiger partial charge in [0, 0.05) is 24.8 Å². The molecule has 0 bridgehead atoms. The van der Waals surface area contributed by atoms with Gasteiger partial charge in [-0.3, -0.25) is 0 Å². The van der Waals surface area contributed by atoms with E-state index in [-0.39, 0.29) is 17.5 Å². The first kappa shape index (κ1) is 18.4. The standard InChI is InChI=1S/C18H24N4O3S/c1-4-25-16-8-6-5-7-15(16)20-18-19-13(2)11-17(21-18)22(3)14-9-10-26(23,24)12-14/h5-8,11,14H,4,9-10,12H2,1-3H3,(H,19,20,21). The van der Waals surface area contributed by atoms with E-state index >= 15 is 0 Å². The normalized spacial score (nSPS) is 18.5. The summed E-state index contributed by atoms with van der Waals surface area (Å²) in [7, 11) is -1.07. The summed E-state index contributed by atoms with van der Waals surface area (Å²) < 4.78 is 29.2. The molecule has 1 atom stereocenters. The van der Waals surface area contributed by atoms with Gasteiger partial charge in [-0.25, -0.2) is 13.4 Å². The van der Waals surface area contributed by atoms with Gasteiger partial charge in [0.05, 0.1) is 23.8 Å². The smallest absolute Gasteiger partial charge is 0.229 e. The van der Waals surface area contributed by atoms with Gasteiger partial charge in [-0.2, -0.15) is 4.98 Å². The third-order valence-corrected chi connectivity index (χ3v) is 6.14. The summed E-state index contributed by atoms with van der Waals surface area (Å²) in [5, 5.41) is 3.21. The van der Waals surface area contributed by atoms with Crippen molar-refractivity contribution in [1.29, 1.82) is 0 Å². The van der Waals surface area contributed by atoms with E-state index in [1.165, 1.54) is 0 Å². The number of sulfone groups is 1. The zero-order chi connectivity index (χ0) is 18.7. The molecule has 140 valence electrons. The molecule has 1 aromatic heterocycles. The second-order valence-electron chi connectivity index (χ2n) is 6.41. The van der Waals surface area contributed by atoms with Crippen molar-refractivity contribution in [3.8, 4) is 5.75 Å². The minimum Gasteiger partial charge on any atom is -0.492 e. The second-order valence-corrected chi connectivity index (χ2v) is 8.64. The monoisotopic (exact) mass is 376 g/mol. The van der Waals surface area contributed by atoms with E-state index in [4.69, 9.17) is 4.74 Å². The lowest BCUT2D eigenvalue weighted by atomic mass is 10.2. The predicted molar refractivity (Wildman–Crippen MR) is 103 cm³/mol. The number of hydrogen-bond donors (Lipinski definition) is 1. The van der Waals surface area contributed by atoms with E-state index in [2.05, 4.69) is 15.3 Å². The Morgan fingerprint density at radius 2 is 2.08 bits per heavy atom. The summed E-state index contributed by atoms with van der Waals surface area (Å²) in [6.07, 6.45) is 0.623. The molecule has 0 amide bonds. The van der Waals surface area contributed by atoms with Crippen molar-refractivity contribution in [1.82, 2.24) is 9.97 Å². The summed E-state index contributed by atoms with van der Waals surface area (Å²) in [6, 6.07) is 9.42. The average Bonchev–Trinajstić information content (AvgIpc) is 2.95. The molecule has 1 aliphatic heterocycles. The van der Waals surface area contributed by atoms with Crippen LogP contribution in [0.5, 0.6) is 5.75 Å². The molecule has 3 rings (SSSR count). The number of para-hydroxylation sites is 2. The maximum Gasteiger partial charge on any atom is 0.229 e. The number of nitrogens with one attached hydrogen (secondary N) is 1. The first-order valence-electron chi connectivity index (χ1n) is 8.66. The Labute approximate surface area is 154 Å². The van der Waals surface area contributed by atoms with E-state index in [0.717, 1.165) is 17.1 Å². The van der Waals surface area contributed by atoms with E-state index in [0.29, 0.717) is 24.8 Å². The molecule has 8 heteroatoms. The van der Waals surface area contributed by atoms with Crippen molar-refractivity contribution in [2.75, 3.05) is 35.4 Å². The number of aromatic nitrogens is 2. The Bertz CT molecular complexity index is 886. The Hall–Kier alpha value is -2.35. The molecule has 1 N–H and O–H groups in total. The molecule has 0 radical (unpaired) electrons. The molecule has 0 spiro atoms. The van der Waals surface area contributed by atoms with Crippen molar-refractivity contribution in [2.24, 2.45) is 0 Å². The van der Waals surface area contributed by atoms with E-state index < -0.39 is 9.84 Å². The molecule has 7 nitrogen and oxygen atoms in total. The summed E-state index contributed by atoms with van der Waals surface area (Å²) in [5.74, 6) is 2.30. The van der Waals surface area contributed by atoms with Crippen molar-refractivity contribution in [3.63, 3.8) is 0 Å². The van der Waals surface area contributed by atoms with Gasteiger partial charge in [-0.1, -0.05) is 12.1 Å². The van der Waals surface area contributed by atoms with Crippen LogP contribution >= 0.6 is 0 Å². The molecule has 1 aliphatic rings. The van der Waals surface area contributed by atoms with Gasteiger partial charge in [-0.15, -0.1) is 0 Å². The fourth-order valence-corrected chi connectivity index (χ4v) is 4.80. The van der Waals surface area contributed by atoms with Crippen LogP contribution in [0.25, 0.3) is 0 Å². The molecule has 0 saturated carbocycles. The predicted octanol–water partition coefficient (Wildman–Crippen LogP) is 2.55. The fraction of sp³-hybridized carbons (Fsp3) is 0.444. The lowest BCUT2D eigenvalue weighted by Crippen LogP contribution is -2.33. The number of benzene rings is 1. The van der Waals surface area contributed by atoms with Gasteiger partial charge >= 0.3 is 0 Å². The number of aryl methyl sites for hydroxylation is 1. The van der Waals surface area contributed by atoms with Gasteiger partial charge in [0.25, 0.3) is 0 Å². The van der Waals surface area contributed by atoms with E-state index in [9.17, 15) is 8.42 Å². The topological polar surface area (TPSA) is 84.4 Å². The number of rotatable bonds is 6. The first-order valence-corrected chi connectivity index (χ1v) is 10.5. The fourth-order valence-electron chi connectivity index (χ4n) is 3.03. The Kier molecular flexibility index (Phi) is 5.31. The number of nitrogens with zero attached hydrogens (tertiary/aromatic N) is 3. The van der Waals surface area contributed by atoms with Gasteiger partial charge in [0.2, 0.25) is 5.95 Å². The van der Waals surface area contributed by atoms with Crippen molar-refractivity contribution < 1.29 is 13.2 Å². The minimum absolute atomic E-state index is 0.0575. The SMILES string of the molecule is CCOc1ccccc1Nc1nc(C)cc(N(C)C2CCS(=O)(=O)C2)n1. The molecule has 1 fully saturated rings. The highest BCUT2D eigenvalue weighted by Gasteiger charge is 2.31. The van der Waals surface area contributed by atoms with Crippen LogP contribution in [0.4, 0.5) is 17.5 Å². The molecule has 1 saturated heterocycles. The molecule has 1 aromatic carbocycles. The zero-order valence-electron chi connectivity index (χ0n) is 15.3. The minimum atomic E-state index is -2.95. The number of ether oxygens (including phenoxy) is 1. The largest absolute Gasteiger partial charge is 0.492 e. The maximum absolute atomic E-state index is 11.8. The van der Waals surface area contributed by atoms with Crippen LogP contribution in [0.2, 0.25) is 0 Å². The number of hydrogen-bond acceptors (Lipinski definition) is 7. The van der Waals surface area contributed by atoms with Crippen LogP contribution in [0.1, 0.15) is 19.0 Å². The van der Waals surface area contributed by atoms with Crippen molar-refractivity contribution >= 4 is 27.3 Å². The van der Waals surface area contributed by atoms with Crippen molar-refractivity contribution in [2.45, 2.75) is 26.3 Å². The van der Waals surface area contributed by atoms with Crippen LogP contribution < -0.4 is 15.0 Å². The molecule has 2 aromatic rings. The average molecular weight is 376 g/mol. The highest BCUT2D eigenvalue weighted by Crippen LogP contribution is 2.28. The summed E-state index contributed by atoms with van der Waals surface area (Å²) >= 11 is 0. The molecule has 0 aliphatic carbocycles. The number of anilines is 3. The first-order chi connectivity index (χ1) is 12.4. The van der Waals surface area contributed by atoms with Gasteiger partial charge in [0.15, 0.2) is 9.84 Å². The Balaban J connectivity index is 1.84. The summed E-state index contributed by atoms with van der Waals surface area (Å²) in [5.41, 5.74) is 1.59. The Morgan fingerprint density at radius 3 is 2.77 bits per heavy atom. The molecule has 1 unspecified atom stereocenters. The highest BCUT2D eigenvalue weighted by atomic mass is 32.2. The summed E-state index contributed by atoms with van der Waals surface area (Å²) in [6.45, 7) is 4.39. The third-order valence-electron chi connectivity index (χ3n) is 4.39. The van der Waals surface area contributed by atoms with Crippen LogP contribution in [0, 0.1) is 6.92 Å². The van der Waals surface area contributed by atoms with Crippen LogP contribution in [0.15, 0.2) is 30.3 Å². The maximum atomic E-state index is 11.8. The van der Waals surface area contributed by atoms with Crippen molar-refractivity contribution in [3.05, 3.63) is 36.0 Å². The van der Waals surface area contributed by atoms with Crippen LogP contribution in [0.3, 0.4) is 0 Å². The molecular formula is C18H24N4O3S. The van der Waals surface area contributed by atoms with Gasteiger partial charge in [0.1, 0.15) is 11.6 Å². The molecule has 2 heterocycles.